The summed E-state index contributed by atoms with van der Waals surface area (Å²) < 4.78 is 0. The highest BCUT2D eigenvalue weighted by Crippen LogP contribution is 2.10. The van der Waals surface area contributed by atoms with Crippen LogP contribution in [0.25, 0.3) is 0 Å². The van der Waals surface area contributed by atoms with Crippen molar-refractivity contribution in [1.29, 1.82) is 0 Å². The highest BCUT2D eigenvalue weighted by atomic mass is 32.2. The van der Waals surface area contributed by atoms with Crippen LogP contribution in [0.2, 0.25) is 0 Å². The van der Waals surface area contributed by atoms with Crippen LogP contribution in [0.4, 0.5) is 0 Å². The van der Waals surface area contributed by atoms with Gasteiger partial charge in [-0.05, 0) is 39.6 Å². The Bertz CT molecular complexity index is 126. The molecule has 1 nitrogen and oxygen atoms in total. The summed E-state index contributed by atoms with van der Waals surface area (Å²) in [6.07, 6.45) is 18.4. The summed E-state index contributed by atoms with van der Waals surface area (Å²) in [5.74, 6) is 0. The molecular weight excluding hydrogens is 238 g/mol. The molecule has 0 aromatic carbocycles. The minimum Gasteiger partial charge on any atom is -0.309 e. The molecule has 0 aromatic rings. The topological polar surface area (TPSA) is 3.24 Å². The molecule has 0 rings (SSSR count). The van der Waals surface area contributed by atoms with Crippen molar-refractivity contribution in [2.45, 2.75) is 71.1 Å². The molecule has 0 N–H and O–H groups in total. The lowest BCUT2D eigenvalue weighted by Gasteiger charge is -2.08. The van der Waals surface area contributed by atoms with Crippen molar-refractivity contribution in [3.63, 3.8) is 0 Å². The quantitative estimate of drug-likeness (QED) is 0.461. The van der Waals surface area contributed by atoms with E-state index in [0.29, 0.717) is 0 Å². The van der Waals surface area contributed by atoms with E-state index in [1.165, 1.54) is 70.8 Å². The lowest BCUT2D eigenvalue weighted by Crippen LogP contribution is -2.12. The van der Waals surface area contributed by atoms with Gasteiger partial charge in [0.15, 0.2) is 0 Å². The van der Waals surface area contributed by atoms with Gasteiger partial charge in [0.25, 0.3) is 0 Å². The molecule has 0 unspecified atom stereocenters. The fourth-order valence-electron chi connectivity index (χ4n) is 1.92. The molecule has 0 bridgehead atoms. The molecule has 0 saturated heterocycles. The summed E-state index contributed by atoms with van der Waals surface area (Å²) in [6.45, 7) is 3.54. The van der Waals surface area contributed by atoms with Gasteiger partial charge in [-0.3, -0.25) is 0 Å². The van der Waals surface area contributed by atoms with Crippen molar-refractivity contribution in [3.8, 4) is 0 Å². The predicted molar refractivity (Wildman–Crippen MR) is 89.8 cm³/mol. The van der Waals surface area contributed by atoms with Crippen LogP contribution in [0.3, 0.4) is 0 Å². The molecule has 0 saturated carbocycles. The minimum absolute atomic E-state index is 1.26. The second-order valence-corrected chi connectivity index (χ2v) is 6.21. The molecule has 0 fully saturated rings. The second kappa shape index (κ2) is 19.6. The first-order valence-electron chi connectivity index (χ1n) is 7.73. The average molecular weight is 276 g/mol. The third kappa shape index (κ3) is 25.2. The van der Waals surface area contributed by atoms with Gasteiger partial charge in [-0.15, -0.1) is 0 Å². The van der Waals surface area contributed by atoms with Crippen molar-refractivity contribution in [2.75, 3.05) is 33.2 Å². The SMILES string of the molecule is CCCCCCCCCCCCN(C)C.CSC. The average Bonchev–Trinajstić information content (AvgIpc) is 2.32. The van der Waals surface area contributed by atoms with Gasteiger partial charge in [-0.25, -0.2) is 0 Å². The number of rotatable bonds is 11. The standard InChI is InChI=1S/C14H31N.C2H6S/c1-4-5-6-7-8-9-10-11-12-13-14-15(2)3;1-3-2/h4-14H2,1-3H3;1-2H3. The molecule has 0 aromatic heterocycles. The van der Waals surface area contributed by atoms with Crippen molar-refractivity contribution >= 4 is 11.8 Å². The molecule has 0 heterocycles. The third-order valence-electron chi connectivity index (χ3n) is 2.96. The normalized spacial score (nSPS) is 10.3. The molecule has 0 amide bonds. The number of hydrogen-bond donors (Lipinski definition) is 0. The Morgan fingerprint density at radius 1 is 0.667 bits per heavy atom. The van der Waals surface area contributed by atoms with E-state index in [1.54, 1.807) is 11.8 Å². The maximum absolute atomic E-state index is 2.28. The lowest BCUT2D eigenvalue weighted by molar-refractivity contribution is 0.389. The monoisotopic (exact) mass is 275 g/mol. The van der Waals surface area contributed by atoms with Crippen LogP contribution in [-0.2, 0) is 0 Å². The molecule has 0 radical (unpaired) electrons. The second-order valence-electron chi connectivity index (χ2n) is 5.39. The van der Waals surface area contributed by atoms with Crippen molar-refractivity contribution in [3.05, 3.63) is 0 Å². The maximum atomic E-state index is 2.28. The summed E-state index contributed by atoms with van der Waals surface area (Å²) in [5, 5.41) is 0. The minimum atomic E-state index is 1.26. The van der Waals surface area contributed by atoms with E-state index in [4.69, 9.17) is 0 Å². The highest BCUT2D eigenvalue weighted by Gasteiger charge is 1.93. The number of nitrogens with zero attached hydrogens (tertiary/aromatic N) is 1. The van der Waals surface area contributed by atoms with E-state index in [-0.39, 0.29) is 0 Å². The Morgan fingerprint density at radius 2 is 1.00 bits per heavy atom. The number of hydrogen-bond acceptors (Lipinski definition) is 2. The van der Waals surface area contributed by atoms with Gasteiger partial charge >= 0.3 is 0 Å². The van der Waals surface area contributed by atoms with E-state index in [2.05, 4.69) is 25.9 Å². The van der Waals surface area contributed by atoms with Crippen LogP contribution in [-0.4, -0.2) is 38.1 Å². The Balaban J connectivity index is 0. The van der Waals surface area contributed by atoms with Gasteiger partial charge in [0.2, 0.25) is 0 Å². The first-order valence-corrected chi connectivity index (χ1v) is 9.37. The first kappa shape index (κ1) is 20.6. The molecule has 2 heteroatoms. The zero-order chi connectivity index (χ0) is 14.1. The fourth-order valence-corrected chi connectivity index (χ4v) is 1.92. The predicted octanol–water partition coefficient (Wildman–Crippen LogP) is 5.45. The molecule has 0 aliphatic carbocycles. The van der Waals surface area contributed by atoms with Crippen LogP contribution < -0.4 is 0 Å². The van der Waals surface area contributed by atoms with Gasteiger partial charge in [0, 0.05) is 0 Å². The van der Waals surface area contributed by atoms with Gasteiger partial charge in [0.05, 0.1) is 0 Å². The number of unbranched alkanes of at least 4 members (excludes halogenated alkanes) is 9. The lowest BCUT2D eigenvalue weighted by atomic mass is 10.1. The summed E-state index contributed by atoms with van der Waals surface area (Å²) in [6, 6.07) is 0. The Hall–Kier alpha value is 0.310. The molecular formula is C16H37NS. The van der Waals surface area contributed by atoms with E-state index in [1.807, 2.05) is 12.5 Å². The van der Waals surface area contributed by atoms with Gasteiger partial charge < -0.3 is 4.90 Å². The molecule has 0 atom stereocenters. The van der Waals surface area contributed by atoms with Crippen LogP contribution in [0.1, 0.15) is 71.1 Å². The molecule has 0 aliphatic rings. The Morgan fingerprint density at radius 3 is 1.33 bits per heavy atom. The van der Waals surface area contributed by atoms with Crippen molar-refractivity contribution < 1.29 is 0 Å². The van der Waals surface area contributed by atoms with Crippen LogP contribution in [0, 0.1) is 0 Å². The van der Waals surface area contributed by atoms with Crippen molar-refractivity contribution in [2.24, 2.45) is 0 Å². The zero-order valence-corrected chi connectivity index (χ0v) is 14.5. The number of thioether (sulfide) groups is 1. The Labute approximate surface area is 121 Å². The van der Waals surface area contributed by atoms with Gasteiger partial charge in [-0.1, -0.05) is 64.7 Å². The first-order chi connectivity index (χ1) is 8.68. The Kier molecular flexibility index (Phi) is 22.5. The smallest absolute Gasteiger partial charge is 0.00248 e. The van der Waals surface area contributed by atoms with Gasteiger partial charge in [-0.2, -0.15) is 11.8 Å². The van der Waals surface area contributed by atoms with E-state index in [9.17, 15) is 0 Å². The molecule has 18 heavy (non-hydrogen) atoms. The molecule has 0 aliphatic heterocycles. The van der Waals surface area contributed by atoms with E-state index in [0.717, 1.165) is 0 Å². The van der Waals surface area contributed by atoms with E-state index >= 15 is 0 Å². The molecule has 0 spiro atoms. The summed E-state index contributed by atoms with van der Waals surface area (Å²) in [7, 11) is 4.32. The molecule has 112 valence electrons. The fraction of sp³-hybridized carbons (Fsp3) is 1.00. The largest absolute Gasteiger partial charge is 0.309 e. The van der Waals surface area contributed by atoms with E-state index < -0.39 is 0 Å². The summed E-state index contributed by atoms with van der Waals surface area (Å²) >= 11 is 1.75. The third-order valence-corrected chi connectivity index (χ3v) is 2.96. The van der Waals surface area contributed by atoms with Crippen LogP contribution in [0.5, 0.6) is 0 Å². The van der Waals surface area contributed by atoms with Gasteiger partial charge in [0.1, 0.15) is 0 Å². The summed E-state index contributed by atoms with van der Waals surface area (Å²) in [5.41, 5.74) is 0. The van der Waals surface area contributed by atoms with Crippen molar-refractivity contribution in [1.82, 2.24) is 4.90 Å². The summed E-state index contributed by atoms with van der Waals surface area (Å²) in [4.78, 5) is 2.28. The van der Waals surface area contributed by atoms with Crippen LogP contribution >= 0.6 is 11.8 Å². The highest BCUT2D eigenvalue weighted by molar-refractivity contribution is 7.97. The zero-order valence-electron chi connectivity index (χ0n) is 13.6. The van der Waals surface area contributed by atoms with Crippen LogP contribution in [0.15, 0.2) is 0 Å². The maximum Gasteiger partial charge on any atom is -0.00248 e.